The maximum atomic E-state index is 5.14. The van der Waals surface area contributed by atoms with Crippen LogP contribution in [-0.4, -0.2) is 55.1 Å². The van der Waals surface area contributed by atoms with Crippen molar-refractivity contribution in [3.63, 3.8) is 0 Å². The molecular weight excluding hydrogens is 348 g/mol. The molecule has 0 spiro atoms. The van der Waals surface area contributed by atoms with Gasteiger partial charge in [0.25, 0.3) is 0 Å². The lowest BCUT2D eigenvalue weighted by atomic mass is 10.2. The maximum Gasteiger partial charge on any atom is 0.139 e. The topological polar surface area (TPSA) is 30.9 Å². The van der Waals surface area contributed by atoms with Gasteiger partial charge in [-0.1, -0.05) is 6.92 Å². The van der Waals surface area contributed by atoms with E-state index in [1.54, 1.807) is 11.8 Å². The summed E-state index contributed by atoms with van der Waals surface area (Å²) in [7, 11) is 2.19. The lowest BCUT2D eigenvalue weighted by molar-refractivity contribution is 0.216. The molecule has 1 fully saturated rings. The average Bonchev–Trinajstić information content (AvgIpc) is 2.98. The van der Waals surface area contributed by atoms with Crippen LogP contribution in [0.2, 0.25) is 0 Å². The van der Waals surface area contributed by atoms with Crippen LogP contribution in [0.25, 0.3) is 0 Å². The Kier molecular flexibility index (Phi) is 4.75. The highest BCUT2D eigenvalue weighted by molar-refractivity contribution is 7.98. The van der Waals surface area contributed by atoms with Crippen molar-refractivity contribution < 1.29 is 0 Å². The molecule has 4 rings (SSSR count). The first kappa shape index (κ1) is 16.9. The Morgan fingerprint density at radius 2 is 2.00 bits per heavy atom. The molecule has 2 aromatic rings. The zero-order valence-corrected chi connectivity index (χ0v) is 16.6. The predicted molar refractivity (Wildman–Crippen MR) is 110 cm³/mol. The van der Waals surface area contributed by atoms with Crippen LogP contribution in [0.1, 0.15) is 17.4 Å². The molecule has 1 N–H and O–H groups in total. The monoisotopic (exact) mass is 372 g/mol. The third-order valence-electron chi connectivity index (χ3n) is 4.85. The van der Waals surface area contributed by atoms with E-state index in [4.69, 9.17) is 4.99 Å². The summed E-state index contributed by atoms with van der Waals surface area (Å²) in [5.74, 6) is 1.13. The van der Waals surface area contributed by atoms with Crippen LogP contribution in [-0.2, 0) is 6.42 Å². The molecule has 0 atom stereocenters. The number of nitrogens with one attached hydrogen (secondary N) is 1. The molecule has 0 unspecified atom stereocenters. The minimum absolute atomic E-state index is 1.03. The van der Waals surface area contributed by atoms with E-state index in [9.17, 15) is 0 Å². The van der Waals surface area contributed by atoms with E-state index < -0.39 is 0 Å². The Bertz CT molecular complexity index is 804. The van der Waals surface area contributed by atoms with Crippen molar-refractivity contribution in [3.8, 4) is 0 Å². The number of hydrogen-bond donors (Lipinski definition) is 1. The minimum Gasteiger partial charge on any atom is -0.353 e. The van der Waals surface area contributed by atoms with Gasteiger partial charge in [0.2, 0.25) is 0 Å². The third-order valence-corrected chi connectivity index (χ3v) is 6.77. The predicted octanol–water partition coefficient (Wildman–Crippen LogP) is 4.42. The van der Waals surface area contributed by atoms with Crippen LogP contribution in [0.4, 0.5) is 16.4 Å². The second kappa shape index (κ2) is 7.02. The highest BCUT2D eigenvalue weighted by atomic mass is 32.2. The number of nitrogens with zero attached hydrogens (tertiary/aromatic N) is 3. The lowest BCUT2D eigenvalue weighted by Crippen LogP contribution is -2.47. The molecule has 0 radical (unpaired) electrons. The summed E-state index contributed by atoms with van der Waals surface area (Å²) in [4.78, 5) is 12.6. The molecule has 1 saturated heterocycles. The Balaban J connectivity index is 1.81. The van der Waals surface area contributed by atoms with Crippen molar-refractivity contribution in [3.05, 3.63) is 34.7 Å². The molecule has 2 aliphatic rings. The van der Waals surface area contributed by atoms with Crippen molar-refractivity contribution >= 4 is 45.3 Å². The molecular formula is C19H24N4S2. The van der Waals surface area contributed by atoms with Gasteiger partial charge in [-0.25, -0.2) is 4.99 Å². The second-order valence-electron chi connectivity index (χ2n) is 6.54. The summed E-state index contributed by atoms with van der Waals surface area (Å²) >= 11 is 3.62. The van der Waals surface area contributed by atoms with E-state index in [1.807, 2.05) is 11.3 Å². The Hall–Kier alpha value is -1.50. The largest absolute Gasteiger partial charge is 0.353 e. The van der Waals surface area contributed by atoms with Crippen LogP contribution in [0.3, 0.4) is 0 Å². The van der Waals surface area contributed by atoms with E-state index >= 15 is 0 Å². The van der Waals surface area contributed by atoms with Gasteiger partial charge in [-0.3, -0.25) is 0 Å². The standard InChI is InChI=1S/C19H24N4S2/c1-4-13-11-15-18(23-9-7-22(2)8-10-23)20-17-12-14(24-3)5-6-16(17)21-19(15)25-13/h5-6,11-12,21H,4,7-10H2,1-3H3. The molecule has 132 valence electrons. The molecule has 0 aliphatic carbocycles. The molecule has 6 heteroatoms. The molecule has 25 heavy (non-hydrogen) atoms. The first-order valence-electron chi connectivity index (χ1n) is 8.78. The number of anilines is 2. The summed E-state index contributed by atoms with van der Waals surface area (Å²) in [6.45, 7) is 6.46. The molecule has 1 aromatic heterocycles. The van der Waals surface area contributed by atoms with Crippen LogP contribution in [0.15, 0.2) is 34.2 Å². The minimum atomic E-state index is 1.03. The van der Waals surface area contributed by atoms with Crippen molar-refractivity contribution in [2.24, 2.45) is 4.99 Å². The fourth-order valence-electron chi connectivity index (χ4n) is 3.27. The molecule has 4 nitrogen and oxygen atoms in total. The first-order chi connectivity index (χ1) is 12.2. The Morgan fingerprint density at radius 1 is 1.20 bits per heavy atom. The molecule has 2 aliphatic heterocycles. The Morgan fingerprint density at radius 3 is 2.72 bits per heavy atom. The van der Waals surface area contributed by atoms with Crippen LogP contribution in [0, 0.1) is 0 Å². The molecule has 0 amide bonds. The number of amidine groups is 1. The van der Waals surface area contributed by atoms with E-state index in [1.165, 1.54) is 20.3 Å². The van der Waals surface area contributed by atoms with Crippen molar-refractivity contribution in [2.45, 2.75) is 18.2 Å². The number of piperazine rings is 1. The van der Waals surface area contributed by atoms with Gasteiger partial charge in [-0.2, -0.15) is 0 Å². The average molecular weight is 373 g/mol. The molecule has 1 aromatic carbocycles. The van der Waals surface area contributed by atoms with Gasteiger partial charge < -0.3 is 15.1 Å². The SMILES string of the molecule is CCc1cc2c(s1)Nc1ccc(SC)cc1N=C2N1CCN(C)CC1. The summed E-state index contributed by atoms with van der Waals surface area (Å²) in [5, 5.41) is 4.87. The number of benzene rings is 1. The number of fused-ring (bicyclic) bond motifs is 2. The maximum absolute atomic E-state index is 5.14. The van der Waals surface area contributed by atoms with Gasteiger partial charge in [0.05, 0.1) is 16.9 Å². The van der Waals surface area contributed by atoms with Gasteiger partial charge in [0.15, 0.2) is 0 Å². The molecule has 0 saturated carbocycles. The van der Waals surface area contributed by atoms with E-state index in [0.717, 1.165) is 49.8 Å². The summed E-state index contributed by atoms with van der Waals surface area (Å²) in [5.41, 5.74) is 3.41. The lowest BCUT2D eigenvalue weighted by Gasteiger charge is -2.34. The molecule has 3 heterocycles. The van der Waals surface area contributed by atoms with Gasteiger partial charge >= 0.3 is 0 Å². The van der Waals surface area contributed by atoms with Crippen LogP contribution < -0.4 is 5.32 Å². The zero-order chi connectivity index (χ0) is 17.4. The van der Waals surface area contributed by atoms with Gasteiger partial charge in [-0.05, 0) is 44.0 Å². The smallest absolute Gasteiger partial charge is 0.139 e. The third kappa shape index (κ3) is 3.30. The van der Waals surface area contributed by atoms with Gasteiger partial charge in [0.1, 0.15) is 10.8 Å². The normalized spacial score (nSPS) is 17.4. The fourth-order valence-corrected chi connectivity index (χ4v) is 4.71. The molecule has 0 bridgehead atoms. The summed E-state index contributed by atoms with van der Waals surface area (Å²) in [6, 6.07) is 8.85. The number of aliphatic imine (C=N–C) groups is 1. The van der Waals surface area contributed by atoms with Crippen molar-refractivity contribution in [1.29, 1.82) is 0 Å². The van der Waals surface area contributed by atoms with Crippen molar-refractivity contribution in [1.82, 2.24) is 9.80 Å². The zero-order valence-electron chi connectivity index (χ0n) is 15.0. The fraction of sp³-hybridized carbons (Fsp3) is 0.421. The van der Waals surface area contributed by atoms with Gasteiger partial charge in [-0.15, -0.1) is 23.1 Å². The number of rotatable bonds is 2. The number of thiophene rings is 1. The Labute approximate surface area is 157 Å². The van der Waals surface area contributed by atoms with Gasteiger partial charge in [0, 0.05) is 36.0 Å². The van der Waals surface area contributed by atoms with E-state index in [0.29, 0.717) is 0 Å². The van der Waals surface area contributed by atoms with Crippen molar-refractivity contribution in [2.75, 3.05) is 44.8 Å². The quantitative estimate of drug-likeness (QED) is 0.791. The highest BCUT2D eigenvalue weighted by Crippen LogP contribution is 2.40. The first-order valence-corrected chi connectivity index (χ1v) is 10.8. The van der Waals surface area contributed by atoms with Crippen LogP contribution >= 0.6 is 23.1 Å². The summed E-state index contributed by atoms with van der Waals surface area (Å²) < 4.78 is 0. The number of aryl methyl sites for hydroxylation is 1. The number of hydrogen-bond acceptors (Lipinski definition) is 6. The number of thioether (sulfide) groups is 1. The highest BCUT2D eigenvalue weighted by Gasteiger charge is 2.25. The second-order valence-corrected chi connectivity index (χ2v) is 8.56. The summed E-state index contributed by atoms with van der Waals surface area (Å²) in [6.07, 6.45) is 3.18. The van der Waals surface area contributed by atoms with Crippen LogP contribution in [0.5, 0.6) is 0 Å². The van der Waals surface area contributed by atoms with E-state index in [-0.39, 0.29) is 0 Å². The number of likely N-dealkylation sites (N-methyl/N-ethyl adjacent to an activating group) is 1. The van der Waals surface area contributed by atoms with E-state index in [2.05, 4.69) is 59.6 Å².